The standard InChI is InChI=1S/C15H26N2O3S/c1-5-16-13(3)14-7-6-8-15(9-14)21(18,19)17-10-12(2)11-20-4/h6-9,12-13,16-17H,5,10-11H2,1-4H3. The van der Waals surface area contributed by atoms with Gasteiger partial charge in [0.1, 0.15) is 0 Å². The highest BCUT2D eigenvalue weighted by Crippen LogP contribution is 2.17. The molecule has 0 saturated carbocycles. The summed E-state index contributed by atoms with van der Waals surface area (Å²) in [6, 6.07) is 7.16. The summed E-state index contributed by atoms with van der Waals surface area (Å²) in [5, 5.41) is 3.28. The molecule has 6 heteroatoms. The molecule has 2 unspecified atom stereocenters. The Kier molecular flexibility index (Phi) is 7.31. The van der Waals surface area contributed by atoms with Crippen LogP contribution in [0.1, 0.15) is 32.4 Å². The zero-order chi connectivity index (χ0) is 15.9. The molecule has 21 heavy (non-hydrogen) atoms. The first-order valence-electron chi connectivity index (χ1n) is 7.22. The number of hydrogen-bond donors (Lipinski definition) is 2. The Morgan fingerprint density at radius 1 is 1.29 bits per heavy atom. The lowest BCUT2D eigenvalue weighted by molar-refractivity contribution is 0.161. The van der Waals surface area contributed by atoms with Gasteiger partial charge in [0.2, 0.25) is 10.0 Å². The summed E-state index contributed by atoms with van der Waals surface area (Å²) in [6.45, 7) is 7.71. The van der Waals surface area contributed by atoms with Gasteiger partial charge in [0.25, 0.3) is 0 Å². The average molecular weight is 314 g/mol. The molecule has 0 bridgehead atoms. The predicted molar refractivity (Wildman–Crippen MR) is 84.8 cm³/mol. The largest absolute Gasteiger partial charge is 0.384 e. The topological polar surface area (TPSA) is 67.4 Å². The molecule has 0 aliphatic heterocycles. The number of ether oxygens (including phenoxy) is 1. The molecule has 0 aliphatic rings. The first-order valence-corrected chi connectivity index (χ1v) is 8.71. The minimum absolute atomic E-state index is 0.123. The maximum absolute atomic E-state index is 12.3. The van der Waals surface area contributed by atoms with Crippen LogP contribution in [0.15, 0.2) is 29.2 Å². The third-order valence-corrected chi connectivity index (χ3v) is 4.67. The van der Waals surface area contributed by atoms with Crippen molar-refractivity contribution in [2.24, 2.45) is 5.92 Å². The van der Waals surface area contributed by atoms with Gasteiger partial charge in [0.15, 0.2) is 0 Å². The fourth-order valence-electron chi connectivity index (χ4n) is 2.05. The van der Waals surface area contributed by atoms with Crippen molar-refractivity contribution in [3.05, 3.63) is 29.8 Å². The first kappa shape index (κ1) is 18.1. The summed E-state index contributed by atoms with van der Waals surface area (Å²) in [5.74, 6) is 0.133. The van der Waals surface area contributed by atoms with E-state index in [0.29, 0.717) is 18.0 Å². The van der Waals surface area contributed by atoms with Crippen molar-refractivity contribution in [1.82, 2.24) is 10.0 Å². The molecule has 0 heterocycles. The molecule has 1 aromatic rings. The molecular weight excluding hydrogens is 288 g/mol. The fraction of sp³-hybridized carbons (Fsp3) is 0.600. The smallest absolute Gasteiger partial charge is 0.240 e. The zero-order valence-corrected chi connectivity index (χ0v) is 14.0. The first-order chi connectivity index (χ1) is 9.90. The highest BCUT2D eigenvalue weighted by atomic mass is 32.2. The van der Waals surface area contributed by atoms with Crippen LogP contribution in [0.4, 0.5) is 0 Å². The van der Waals surface area contributed by atoms with Crippen LogP contribution in [-0.2, 0) is 14.8 Å². The molecule has 120 valence electrons. The van der Waals surface area contributed by atoms with Gasteiger partial charge in [0, 0.05) is 26.3 Å². The van der Waals surface area contributed by atoms with Crippen LogP contribution in [0.2, 0.25) is 0 Å². The Bertz CT molecular complexity index is 531. The van der Waals surface area contributed by atoms with E-state index in [1.165, 1.54) is 0 Å². The maximum atomic E-state index is 12.3. The van der Waals surface area contributed by atoms with E-state index in [0.717, 1.165) is 12.1 Å². The van der Waals surface area contributed by atoms with Gasteiger partial charge in [-0.05, 0) is 37.1 Å². The lowest BCUT2D eigenvalue weighted by Crippen LogP contribution is -2.30. The molecule has 1 aromatic carbocycles. The van der Waals surface area contributed by atoms with Gasteiger partial charge in [-0.15, -0.1) is 0 Å². The zero-order valence-electron chi connectivity index (χ0n) is 13.2. The van der Waals surface area contributed by atoms with Crippen molar-refractivity contribution < 1.29 is 13.2 Å². The minimum atomic E-state index is -3.48. The van der Waals surface area contributed by atoms with Crippen LogP contribution < -0.4 is 10.0 Å². The van der Waals surface area contributed by atoms with Crippen molar-refractivity contribution in [2.75, 3.05) is 26.8 Å². The van der Waals surface area contributed by atoms with E-state index in [-0.39, 0.29) is 12.0 Å². The van der Waals surface area contributed by atoms with E-state index in [1.54, 1.807) is 25.3 Å². The second-order valence-electron chi connectivity index (χ2n) is 5.26. The lowest BCUT2D eigenvalue weighted by atomic mass is 10.1. The highest BCUT2D eigenvalue weighted by molar-refractivity contribution is 7.89. The Morgan fingerprint density at radius 2 is 2.00 bits per heavy atom. The van der Waals surface area contributed by atoms with Crippen LogP contribution in [-0.4, -0.2) is 35.2 Å². The predicted octanol–water partition coefficient (Wildman–Crippen LogP) is 1.92. The normalized spacial score (nSPS) is 14.9. The molecular formula is C15H26N2O3S. The Balaban J connectivity index is 2.81. The number of rotatable bonds is 9. The van der Waals surface area contributed by atoms with Gasteiger partial charge >= 0.3 is 0 Å². The monoisotopic (exact) mass is 314 g/mol. The summed E-state index contributed by atoms with van der Waals surface area (Å²) in [7, 11) is -1.87. The molecule has 0 radical (unpaired) electrons. The number of sulfonamides is 1. The molecule has 5 nitrogen and oxygen atoms in total. The van der Waals surface area contributed by atoms with Gasteiger partial charge in [-0.3, -0.25) is 0 Å². The van der Waals surface area contributed by atoms with Crippen molar-refractivity contribution in [3.63, 3.8) is 0 Å². The van der Waals surface area contributed by atoms with Crippen LogP contribution >= 0.6 is 0 Å². The second-order valence-corrected chi connectivity index (χ2v) is 7.03. The number of nitrogens with one attached hydrogen (secondary N) is 2. The highest BCUT2D eigenvalue weighted by Gasteiger charge is 2.16. The van der Waals surface area contributed by atoms with Crippen LogP contribution in [0.25, 0.3) is 0 Å². The van der Waals surface area contributed by atoms with Crippen LogP contribution in [0.5, 0.6) is 0 Å². The van der Waals surface area contributed by atoms with Crippen molar-refractivity contribution in [1.29, 1.82) is 0 Å². The quantitative estimate of drug-likeness (QED) is 0.731. The van der Waals surface area contributed by atoms with E-state index < -0.39 is 10.0 Å². The Hall–Kier alpha value is -0.950. The molecule has 2 atom stereocenters. The molecule has 2 N–H and O–H groups in total. The van der Waals surface area contributed by atoms with Gasteiger partial charge in [-0.2, -0.15) is 0 Å². The summed E-state index contributed by atoms with van der Waals surface area (Å²) in [4.78, 5) is 0.300. The van der Waals surface area contributed by atoms with E-state index >= 15 is 0 Å². The Morgan fingerprint density at radius 3 is 2.62 bits per heavy atom. The molecule has 0 fully saturated rings. The molecule has 1 rings (SSSR count). The van der Waals surface area contributed by atoms with Gasteiger partial charge in [-0.1, -0.05) is 26.0 Å². The van der Waals surface area contributed by atoms with E-state index in [9.17, 15) is 8.42 Å². The molecule has 0 amide bonds. The molecule has 0 aromatic heterocycles. The van der Waals surface area contributed by atoms with E-state index in [4.69, 9.17) is 4.74 Å². The third-order valence-electron chi connectivity index (χ3n) is 3.25. The minimum Gasteiger partial charge on any atom is -0.384 e. The van der Waals surface area contributed by atoms with E-state index in [1.807, 2.05) is 26.8 Å². The number of benzene rings is 1. The summed E-state index contributed by atoms with van der Waals surface area (Å²) >= 11 is 0. The SMILES string of the molecule is CCNC(C)c1cccc(S(=O)(=O)NCC(C)COC)c1. The fourth-order valence-corrected chi connectivity index (χ4v) is 3.27. The van der Waals surface area contributed by atoms with Gasteiger partial charge in [-0.25, -0.2) is 13.1 Å². The third kappa shape index (κ3) is 5.74. The summed E-state index contributed by atoms with van der Waals surface area (Å²) < 4.78 is 32.2. The molecule has 0 spiro atoms. The molecule has 0 saturated heterocycles. The van der Waals surface area contributed by atoms with Crippen LogP contribution in [0.3, 0.4) is 0 Å². The van der Waals surface area contributed by atoms with Crippen LogP contribution in [0, 0.1) is 5.92 Å². The van der Waals surface area contributed by atoms with Crippen molar-refractivity contribution >= 4 is 10.0 Å². The second kappa shape index (κ2) is 8.48. The van der Waals surface area contributed by atoms with Crippen molar-refractivity contribution in [2.45, 2.75) is 31.7 Å². The summed E-state index contributed by atoms with van der Waals surface area (Å²) in [5.41, 5.74) is 0.963. The average Bonchev–Trinajstić information content (AvgIpc) is 2.46. The number of hydrogen-bond acceptors (Lipinski definition) is 4. The van der Waals surface area contributed by atoms with Gasteiger partial charge in [0.05, 0.1) is 4.90 Å². The Labute approximate surface area is 128 Å². The maximum Gasteiger partial charge on any atom is 0.240 e. The summed E-state index contributed by atoms with van der Waals surface area (Å²) in [6.07, 6.45) is 0. The number of methoxy groups -OCH3 is 1. The van der Waals surface area contributed by atoms with Gasteiger partial charge < -0.3 is 10.1 Å². The van der Waals surface area contributed by atoms with E-state index in [2.05, 4.69) is 10.0 Å². The lowest BCUT2D eigenvalue weighted by Gasteiger charge is -2.15. The molecule has 0 aliphatic carbocycles. The van der Waals surface area contributed by atoms with Crippen molar-refractivity contribution in [3.8, 4) is 0 Å².